The smallest absolute Gasteiger partial charge is 0.392 e. The van der Waals surface area contributed by atoms with E-state index in [1.165, 1.54) is 6.92 Å². The maximum absolute atomic E-state index is 12.2. The number of hydrogen-bond acceptors (Lipinski definition) is 3. The van der Waals surface area contributed by atoms with Crippen LogP contribution in [-0.2, 0) is 0 Å². The summed E-state index contributed by atoms with van der Waals surface area (Å²) in [6.45, 7) is 1.98. The molecule has 0 aromatic rings. The lowest BCUT2D eigenvalue weighted by atomic mass is 10.2. The molecule has 0 bridgehead atoms. The van der Waals surface area contributed by atoms with E-state index in [1.54, 1.807) is 0 Å². The van der Waals surface area contributed by atoms with E-state index in [9.17, 15) is 13.2 Å². The van der Waals surface area contributed by atoms with E-state index in [-0.39, 0.29) is 5.57 Å². The molecule has 0 rings (SSSR count). The van der Waals surface area contributed by atoms with Crippen molar-refractivity contribution in [1.29, 1.82) is 0 Å². The molecule has 0 saturated heterocycles. The van der Waals surface area contributed by atoms with Crippen molar-refractivity contribution in [2.45, 2.75) is 26.3 Å². The summed E-state index contributed by atoms with van der Waals surface area (Å²) in [7, 11) is 0. The average molecular weight is 211 g/mol. The quantitative estimate of drug-likeness (QED) is 0.690. The lowest BCUT2D eigenvalue weighted by Gasteiger charge is -2.08. The molecular weight excluding hydrogens is 199 g/mol. The van der Waals surface area contributed by atoms with Gasteiger partial charge in [0.25, 0.3) is 0 Å². The second-order valence-electron chi connectivity index (χ2n) is 2.79. The Morgan fingerprint density at radius 2 is 2.00 bits per heavy atom. The fraction of sp³-hybridized carbons (Fsp3) is 0.625. The maximum atomic E-state index is 12.2. The van der Waals surface area contributed by atoms with Crippen molar-refractivity contribution in [3.05, 3.63) is 11.6 Å². The second kappa shape index (κ2) is 5.11. The molecule has 82 valence electrons. The Hall–Kier alpha value is -0.880. The van der Waals surface area contributed by atoms with Gasteiger partial charge in [0.15, 0.2) is 0 Å². The lowest BCUT2D eigenvalue weighted by molar-refractivity contribution is -0.0587. The minimum atomic E-state index is -4.62. The van der Waals surface area contributed by atoms with Gasteiger partial charge in [0.05, 0.1) is 6.61 Å². The van der Waals surface area contributed by atoms with Crippen molar-refractivity contribution in [2.75, 3.05) is 6.61 Å². The summed E-state index contributed by atoms with van der Waals surface area (Å²) in [6.07, 6.45) is -5.34. The second-order valence-corrected chi connectivity index (χ2v) is 2.79. The van der Waals surface area contributed by atoms with Gasteiger partial charge in [-0.15, -0.1) is 0 Å². The predicted octanol–water partition coefficient (Wildman–Crippen LogP) is 1.27. The number of alkyl halides is 3. The number of aliphatic imine (C=N–C) groups is 1. The third-order valence-corrected chi connectivity index (χ3v) is 1.25. The van der Waals surface area contributed by atoms with Crippen molar-refractivity contribution in [3.63, 3.8) is 0 Å². The van der Waals surface area contributed by atoms with Gasteiger partial charge in [-0.1, -0.05) is 0 Å². The molecule has 0 saturated carbocycles. The van der Waals surface area contributed by atoms with Crippen LogP contribution < -0.4 is 0 Å². The average Bonchev–Trinajstić information content (AvgIpc) is 2.00. The highest BCUT2D eigenvalue weighted by Crippen LogP contribution is 2.19. The molecule has 0 radical (unpaired) electrons. The zero-order valence-electron chi connectivity index (χ0n) is 7.84. The topological polar surface area (TPSA) is 52.8 Å². The van der Waals surface area contributed by atoms with E-state index < -0.39 is 24.7 Å². The molecule has 2 N–H and O–H groups in total. The van der Waals surface area contributed by atoms with Crippen LogP contribution in [-0.4, -0.2) is 34.9 Å². The summed E-state index contributed by atoms with van der Waals surface area (Å²) >= 11 is 0. The number of rotatable bonds is 3. The summed E-state index contributed by atoms with van der Waals surface area (Å²) in [4.78, 5) is 3.00. The van der Waals surface area contributed by atoms with E-state index in [2.05, 4.69) is 4.99 Å². The number of hydrogen-bond donors (Lipinski definition) is 2. The SMILES string of the molecule is C/C(=C\C(=NC(C)O)C(F)(F)F)CO. The molecule has 1 unspecified atom stereocenters. The Bertz CT molecular complexity index is 243. The molecule has 0 aliphatic heterocycles. The molecule has 0 aliphatic carbocycles. The van der Waals surface area contributed by atoms with Gasteiger partial charge >= 0.3 is 6.18 Å². The Kier molecular flexibility index (Phi) is 4.79. The Labute approximate surface area is 79.6 Å². The van der Waals surface area contributed by atoms with Crippen LogP contribution in [0.4, 0.5) is 13.2 Å². The Morgan fingerprint density at radius 3 is 2.29 bits per heavy atom. The molecule has 0 amide bonds. The van der Waals surface area contributed by atoms with Gasteiger partial charge in [0, 0.05) is 0 Å². The molecule has 3 nitrogen and oxygen atoms in total. The highest BCUT2D eigenvalue weighted by atomic mass is 19.4. The highest BCUT2D eigenvalue weighted by molar-refractivity contribution is 6.00. The number of aliphatic hydroxyl groups excluding tert-OH is 2. The summed E-state index contributed by atoms with van der Waals surface area (Å²) in [5.41, 5.74) is -1.07. The van der Waals surface area contributed by atoms with E-state index in [0.717, 1.165) is 6.92 Å². The van der Waals surface area contributed by atoms with Crippen LogP contribution in [0, 0.1) is 0 Å². The lowest BCUT2D eigenvalue weighted by Crippen LogP contribution is -2.23. The summed E-state index contributed by atoms with van der Waals surface area (Å²) in [5, 5.41) is 17.2. The monoisotopic (exact) mass is 211 g/mol. The van der Waals surface area contributed by atoms with E-state index >= 15 is 0 Å². The first kappa shape index (κ1) is 13.1. The van der Waals surface area contributed by atoms with Crippen molar-refractivity contribution < 1.29 is 23.4 Å². The normalized spacial score (nSPS) is 17.1. The first-order valence-corrected chi connectivity index (χ1v) is 3.88. The molecule has 0 aliphatic rings. The van der Waals surface area contributed by atoms with Crippen molar-refractivity contribution in [2.24, 2.45) is 4.99 Å². The van der Waals surface area contributed by atoms with Crippen molar-refractivity contribution in [3.8, 4) is 0 Å². The van der Waals surface area contributed by atoms with Gasteiger partial charge in [-0.25, -0.2) is 4.99 Å². The minimum absolute atomic E-state index is 0.127. The molecule has 0 heterocycles. The standard InChI is InChI=1S/C8H12F3NO2/c1-5(4-13)3-7(8(9,10)11)12-6(2)14/h3,6,13-14H,4H2,1-2H3/b5-3+,12-7?. The van der Waals surface area contributed by atoms with Crippen molar-refractivity contribution in [1.82, 2.24) is 0 Å². The molecule has 0 aromatic carbocycles. The van der Waals surface area contributed by atoms with Gasteiger partial charge < -0.3 is 10.2 Å². The number of halogens is 3. The number of aliphatic hydroxyl groups is 2. The molecule has 0 fully saturated rings. The van der Waals surface area contributed by atoms with Gasteiger partial charge in [-0.3, -0.25) is 0 Å². The molecule has 0 aromatic heterocycles. The molecule has 14 heavy (non-hydrogen) atoms. The van der Waals surface area contributed by atoms with Crippen LogP contribution in [0.25, 0.3) is 0 Å². The van der Waals surface area contributed by atoms with Crippen LogP contribution in [0.15, 0.2) is 16.6 Å². The fourth-order valence-corrected chi connectivity index (χ4v) is 0.673. The zero-order chi connectivity index (χ0) is 11.4. The van der Waals surface area contributed by atoms with Crippen LogP contribution in [0.2, 0.25) is 0 Å². The molecule has 1 atom stereocenters. The van der Waals surface area contributed by atoms with E-state index in [4.69, 9.17) is 10.2 Å². The predicted molar refractivity (Wildman–Crippen MR) is 46.0 cm³/mol. The maximum Gasteiger partial charge on any atom is 0.433 e. The Morgan fingerprint density at radius 1 is 1.50 bits per heavy atom. The van der Waals surface area contributed by atoms with E-state index in [1.807, 2.05) is 0 Å². The van der Waals surface area contributed by atoms with Crippen LogP contribution in [0.1, 0.15) is 13.8 Å². The fourth-order valence-electron chi connectivity index (χ4n) is 0.673. The summed E-state index contributed by atoms with van der Waals surface area (Å²) < 4.78 is 36.6. The first-order chi connectivity index (χ1) is 6.27. The zero-order valence-corrected chi connectivity index (χ0v) is 7.84. The van der Waals surface area contributed by atoms with Crippen LogP contribution in [0.5, 0.6) is 0 Å². The highest BCUT2D eigenvalue weighted by Gasteiger charge is 2.34. The molecular formula is C8H12F3NO2. The van der Waals surface area contributed by atoms with Crippen molar-refractivity contribution >= 4 is 5.71 Å². The van der Waals surface area contributed by atoms with Gasteiger partial charge in [0.1, 0.15) is 11.9 Å². The first-order valence-electron chi connectivity index (χ1n) is 3.88. The summed E-state index contributed by atoms with van der Waals surface area (Å²) in [5.74, 6) is 0. The third-order valence-electron chi connectivity index (χ3n) is 1.25. The number of nitrogens with zero attached hydrogens (tertiary/aromatic N) is 1. The Balaban J connectivity index is 4.95. The third kappa shape index (κ3) is 4.98. The van der Waals surface area contributed by atoms with Crippen LogP contribution >= 0.6 is 0 Å². The van der Waals surface area contributed by atoms with Gasteiger partial charge in [0.2, 0.25) is 0 Å². The van der Waals surface area contributed by atoms with Crippen LogP contribution in [0.3, 0.4) is 0 Å². The van der Waals surface area contributed by atoms with Gasteiger partial charge in [-0.05, 0) is 25.5 Å². The molecule has 6 heteroatoms. The van der Waals surface area contributed by atoms with Gasteiger partial charge in [-0.2, -0.15) is 13.2 Å². The number of allylic oxidation sites excluding steroid dienone is 1. The van der Waals surface area contributed by atoms with E-state index in [0.29, 0.717) is 6.08 Å². The largest absolute Gasteiger partial charge is 0.433 e. The minimum Gasteiger partial charge on any atom is -0.392 e. The summed E-state index contributed by atoms with van der Waals surface area (Å²) in [6, 6.07) is 0. The molecule has 0 spiro atoms.